The molecule has 0 aliphatic carbocycles. The van der Waals surface area contributed by atoms with Crippen LogP contribution in [0.2, 0.25) is 10.0 Å². The first-order valence-corrected chi connectivity index (χ1v) is 15.4. The molecule has 1 aliphatic heterocycles. The van der Waals surface area contributed by atoms with Gasteiger partial charge in [-0.2, -0.15) is 5.26 Å². The molecule has 0 saturated carbocycles. The second-order valence-corrected chi connectivity index (χ2v) is 13.3. The van der Waals surface area contributed by atoms with Crippen LogP contribution in [0.4, 0.5) is 11.6 Å². The van der Waals surface area contributed by atoms with Gasteiger partial charge in [0.1, 0.15) is 22.9 Å². The number of nitrogens with one attached hydrogen (secondary N) is 1. The van der Waals surface area contributed by atoms with E-state index in [2.05, 4.69) is 16.4 Å². The number of nitrogens with two attached hydrogens (primary N) is 1. The van der Waals surface area contributed by atoms with Crippen LogP contribution in [0.25, 0.3) is 0 Å². The molecule has 2 aromatic carbocycles. The van der Waals surface area contributed by atoms with Gasteiger partial charge in [-0.3, -0.25) is 14.2 Å². The number of ether oxygens (including phenoxy) is 1. The normalized spacial score (nSPS) is 16.9. The summed E-state index contributed by atoms with van der Waals surface area (Å²) in [5.41, 5.74) is 5.23. The summed E-state index contributed by atoms with van der Waals surface area (Å²) in [4.78, 5) is 47.0. The van der Waals surface area contributed by atoms with Gasteiger partial charge >= 0.3 is 5.97 Å². The maximum atomic E-state index is 14.2. The number of carbonyl (C=O) groups excluding carboxylic acids is 3. The predicted octanol–water partition coefficient (Wildman–Crippen LogP) is 5.18. The fourth-order valence-corrected chi connectivity index (χ4v) is 5.95. The van der Waals surface area contributed by atoms with Crippen molar-refractivity contribution in [3.63, 3.8) is 0 Å². The molecule has 3 N–H and O–H groups in total. The lowest BCUT2D eigenvalue weighted by Gasteiger charge is -2.27. The number of halogens is 2. The number of esters is 1. The second kappa shape index (κ2) is 13.0. The molecule has 0 radical (unpaired) electrons. The lowest BCUT2D eigenvalue weighted by atomic mass is 9.91. The number of thioether (sulfide) groups is 1. The van der Waals surface area contributed by atoms with E-state index in [0.717, 1.165) is 5.56 Å². The third-order valence-electron chi connectivity index (χ3n) is 6.74. The smallest absolute Gasteiger partial charge is 0.329 e. The Labute approximate surface area is 264 Å². The van der Waals surface area contributed by atoms with Crippen molar-refractivity contribution in [2.75, 3.05) is 16.5 Å². The molecule has 3 aromatic rings. The molecule has 2 heterocycles. The number of hydrogen-bond donors (Lipinski definition) is 2. The standard InChI is InChI=1S/C30H32Cl2N6O4S/c1-29(2,3)42-26(40)23(9-10-43-17-34)36-25(39)24-16-35-28-37(22-12-20(31)11-21(32)13-22)27(41)30(4,38(24)28)14-18-5-7-19(15-33)8-6-18/h5-8,11-13,16,23H,9-10,14,17,34H2,1-4H3,(H,36,39)/t23-,30+/m0/s1. The molecule has 0 saturated heterocycles. The first kappa shape index (κ1) is 32.4. The van der Waals surface area contributed by atoms with Gasteiger partial charge in [-0.1, -0.05) is 35.3 Å². The highest BCUT2D eigenvalue weighted by molar-refractivity contribution is 7.99. The van der Waals surface area contributed by atoms with Gasteiger partial charge in [0.25, 0.3) is 11.8 Å². The van der Waals surface area contributed by atoms with Gasteiger partial charge in [0.2, 0.25) is 5.95 Å². The molecule has 226 valence electrons. The van der Waals surface area contributed by atoms with Crippen LogP contribution in [0.3, 0.4) is 0 Å². The molecule has 0 bridgehead atoms. The molecule has 0 unspecified atom stereocenters. The number of rotatable bonds is 10. The van der Waals surface area contributed by atoms with E-state index in [9.17, 15) is 19.6 Å². The molecule has 0 fully saturated rings. The van der Waals surface area contributed by atoms with Crippen molar-refractivity contribution in [3.8, 4) is 6.07 Å². The zero-order chi connectivity index (χ0) is 31.5. The summed E-state index contributed by atoms with van der Waals surface area (Å²) in [6, 6.07) is 12.7. The van der Waals surface area contributed by atoms with E-state index in [4.69, 9.17) is 33.7 Å². The minimum absolute atomic E-state index is 0.0788. The summed E-state index contributed by atoms with van der Waals surface area (Å²) in [7, 11) is 0. The van der Waals surface area contributed by atoms with E-state index in [1.54, 1.807) is 74.7 Å². The van der Waals surface area contributed by atoms with Gasteiger partial charge < -0.3 is 15.8 Å². The first-order valence-electron chi connectivity index (χ1n) is 13.5. The van der Waals surface area contributed by atoms with Gasteiger partial charge in [0.15, 0.2) is 0 Å². The van der Waals surface area contributed by atoms with Gasteiger partial charge in [-0.05, 0) is 75.8 Å². The fourth-order valence-electron chi connectivity index (χ4n) is 4.86. The van der Waals surface area contributed by atoms with Crippen molar-refractivity contribution in [1.29, 1.82) is 5.26 Å². The average Bonchev–Trinajstić information content (AvgIpc) is 3.45. The molecule has 1 aliphatic rings. The maximum Gasteiger partial charge on any atom is 0.329 e. The third kappa shape index (κ3) is 7.16. The monoisotopic (exact) mass is 642 g/mol. The number of benzene rings is 2. The number of anilines is 2. The average molecular weight is 644 g/mol. The van der Waals surface area contributed by atoms with E-state index in [1.807, 2.05) is 0 Å². The Bertz CT molecular complexity index is 1560. The number of nitrogens with zero attached hydrogens (tertiary/aromatic N) is 4. The van der Waals surface area contributed by atoms with Crippen LogP contribution < -0.4 is 16.0 Å². The fraction of sp³-hybridized carbons (Fsp3) is 0.367. The van der Waals surface area contributed by atoms with Crippen LogP contribution in [0, 0.1) is 11.3 Å². The van der Waals surface area contributed by atoms with E-state index in [1.165, 1.54) is 22.9 Å². The Kier molecular flexibility index (Phi) is 9.76. The molecule has 43 heavy (non-hydrogen) atoms. The minimum atomic E-state index is -1.32. The van der Waals surface area contributed by atoms with Crippen molar-refractivity contribution in [3.05, 3.63) is 75.5 Å². The number of imidazole rings is 1. The zero-order valence-electron chi connectivity index (χ0n) is 24.2. The quantitative estimate of drug-likeness (QED) is 0.175. The molecule has 1 aromatic heterocycles. The topological polar surface area (TPSA) is 143 Å². The van der Waals surface area contributed by atoms with Crippen LogP contribution in [0.5, 0.6) is 0 Å². The minimum Gasteiger partial charge on any atom is -0.458 e. The second-order valence-electron chi connectivity index (χ2n) is 11.2. The van der Waals surface area contributed by atoms with E-state index in [0.29, 0.717) is 32.9 Å². The van der Waals surface area contributed by atoms with Crippen molar-refractivity contribution in [2.24, 2.45) is 5.73 Å². The Hall–Kier alpha value is -3.56. The molecular formula is C30H32Cl2N6O4S. The lowest BCUT2D eigenvalue weighted by Crippen LogP contribution is -2.47. The molecule has 4 rings (SSSR count). The summed E-state index contributed by atoms with van der Waals surface area (Å²) in [5, 5.41) is 12.7. The van der Waals surface area contributed by atoms with Crippen molar-refractivity contribution in [2.45, 2.75) is 57.7 Å². The highest BCUT2D eigenvalue weighted by Crippen LogP contribution is 2.43. The number of aromatic nitrogens is 2. The van der Waals surface area contributed by atoms with E-state index in [-0.39, 0.29) is 30.4 Å². The van der Waals surface area contributed by atoms with E-state index < -0.39 is 29.1 Å². The zero-order valence-corrected chi connectivity index (χ0v) is 26.5. The summed E-state index contributed by atoms with van der Waals surface area (Å²) < 4.78 is 7.14. The highest BCUT2D eigenvalue weighted by atomic mass is 35.5. The van der Waals surface area contributed by atoms with Crippen LogP contribution in [0.15, 0.2) is 48.7 Å². The van der Waals surface area contributed by atoms with Gasteiger partial charge in [0, 0.05) is 22.3 Å². The number of nitriles is 1. The molecule has 0 spiro atoms. The summed E-state index contributed by atoms with van der Waals surface area (Å²) in [5.74, 6) is -0.468. The Morgan fingerprint density at radius 3 is 2.42 bits per heavy atom. The van der Waals surface area contributed by atoms with Crippen LogP contribution in [-0.2, 0) is 26.3 Å². The lowest BCUT2D eigenvalue weighted by molar-refractivity contribution is -0.157. The SMILES string of the molecule is CC(C)(C)OC(=O)[C@H](CCSCN)NC(=O)c1cnc2n1[C@](C)(Cc1ccc(C#N)cc1)C(=O)N2c1cc(Cl)cc(Cl)c1. The summed E-state index contributed by atoms with van der Waals surface area (Å²) >= 11 is 14.0. The molecular weight excluding hydrogens is 611 g/mol. The van der Waals surface area contributed by atoms with Crippen LogP contribution in [0.1, 0.15) is 55.7 Å². The third-order valence-corrected chi connectivity index (χ3v) is 7.93. The van der Waals surface area contributed by atoms with Crippen molar-refractivity contribution in [1.82, 2.24) is 14.9 Å². The molecule has 10 nitrogen and oxygen atoms in total. The van der Waals surface area contributed by atoms with Crippen molar-refractivity contribution < 1.29 is 19.1 Å². The Morgan fingerprint density at radius 1 is 1.19 bits per heavy atom. The molecule has 2 atom stereocenters. The highest BCUT2D eigenvalue weighted by Gasteiger charge is 2.51. The number of amides is 2. The van der Waals surface area contributed by atoms with Crippen molar-refractivity contribution >= 4 is 64.4 Å². The Morgan fingerprint density at radius 2 is 1.84 bits per heavy atom. The first-order chi connectivity index (χ1) is 20.3. The van der Waals surface area contributed by atoms with Gasteiger partial charge in [-0.25, -0.2) is 14.7 Å². The van der Waals surface area contributed by atoms with Crippen LogP contribution >= 0.6 is 35.0 Å². The Balaban J connectivity index is 1.77. The predicted molar refractivity (Wildman–Crippen MR) is 168 cm³/mol. The number of hydrogen-bond acceptors (Lipinski definition) is 8. The van der Waals surface area contributed by atoms with Gasteiger partial charge in [0.05, 0.1) is 23.5 Å². The number of carbonyl (C=O) groups is 3. The largest absolute Gasteiger partial charge is 0.458 e. The van der Waals surface area contributed by atoms with E-state index >= 15 is 0 Å². The molecule has 13 heteroatoms. The van der Waals surface area contributed by atoms with Crippen LogP contribution in [-0.4, -0.2) is 50.6 Å². The number of fused-ring (bicyclic) bond motifs is 1. The summed E-state index contributed by atoms with van der Waals surface area (Å²) in [6.45, 7) is 6.96. The maximum absolute atomic E-state index is 14.2. The van der Waals surface area contributed by atoms with Gasteiger partial charge in [-0.15, -0.1) is 11.8 Å². The molecule has 2 amide bonds. The summed E-state index contributed by atoms with van der Waals surface area (Å²) in [6.07, 6.45) is 1.83.